The van der Waals surface area contributed by atoms with Gasteiger partial charge in [-0.25, -0.2) is 4.79 Å². The molecule has 70 valence electrons. The monoisotopic (exact) mass is 172 g/mol. The second-order valence-electron chi connectivity index (χ2n) is 3.16. The molecule has 1 unspecified atom stereocenters. The Hall–Kier alpha value is -0.830. The predicted molar refractivity (Wildman–Crippen MR) is 46.7 cm³/mol. The fraction of sp³-hybridized carbons (Fsp3) is 0.667. The molecule has 1 N–H and O–H groups in total. The zero-order valence-electron chi connectivity index (χ0n) is 7.83. The lowest BCUT2D eigenvalue weighted by atomic mass is 10.1. The maximum absolute atomic E-state index is 11.0. The smallest absolute Gasteiger partial charge is 0.335 e. The minimum absolute atomic E-state index is 0.183. The van der Waals surface area contributed by atoms with Crippen LogP contribution in [0.15, 0.2) is 12.2 Å². The molecular weight excluding hydrogens is 156 g/mol. The van der Waals surface area contributed by atoms with Gasteiger partial charge in [-0.3, -0.25) is 0 Å². The van der Waals surface area contributed by atoms with E-state index in [0.29, 0.717) is 0 Å². The first-order valence-electron chi connectivity index (χ1n) is 3.96. The zero-order chi connectivity index (χ0) is 9.72. The molecule has 0 bridgehead atoms. The van der Waals surface area contributed by atoms with E-state index in [1.807, 2.05) is 0 Å². The van der Waals surface area contributed by atoms with E-state index in [-0.39, 0.29) is 12.5 Å². The molecular formula is C9H16O3. The summed E-state index contributed by atoms with van der Waals surface area (Å²) in [5, 5.41) is 9.20. The normalized spacial score (nSPS) is 12.8. The molecule has 0 saturated carbocycles. The standard InChI is InChI=1S/C9H16O3/c1-6(2)5-8(10)9(11)12-7(3)4/h7-8,10H,1,5H2,2-4H3. The molecule has 0 aromatic rings. The molecule has 0 fully saturated rings. The van der Waals surface area contributed by atoms with Crippen LogP contribution in [0.3, 0.4) is 0 Å². The minimum Gasteiger partial charge on any atom is -0.461 e. The van der Waals surface area contributed by atoms with E-state index in [1.165, 1.54) is 0 Å². The van der Waals surface area contributed by atoms with Gasteiger partial charge in [0, 0.05) is 6.42 Å². The van der Waals surface area contributed by atoms with E-state index in [1.54, 1.807) is 20.8 Å². The summed E-state index contributed by atoms with van der Waals surface area (Å²) in [6.45, 7) is 8.83. The van der Waals surface area contributed by atoms with Crippen molar-refractivity contribution in [3.8, 4) is 0 Å². The Morgan fingerprint density at radius 2 is 2.08 bits per heavy atom. The van der Waals surface area contributed by atoms with E-state index in [2.05, 4.69) is 6.58 Å². The van der Waals surface area contributed by atoms with Crippen molar-refractivity contribution in [3.63, 3.8) is 0 Å². The SMILES string of the molecule is C=C(C)CC(O)C(=O)OC(C)C. The first kappa shape index (κ1) is 11.2. The number of esters is 1. The molecule has 12 heavy (non-hydrogen) atoms. The molecule has 3 heteroatoms. The van der Waals surface area contributed by atoms with Crippen LogP contribution in [-0.4, -0.2) is 23.3 Å². The largest absolute Gasteiger partial charge is 0.461 e. The average molecular weight is 172 g/mol. The fourth-order valence-corrected chi connectivity index (χ4v) is 0.724. The van der Waals surface area contributed by atoms with Gasteiger partial charge in [-0.2, -0.15) is 0 Å². The van der Waals surface area contributed by atoms with Gasteiger partial charge >= 0.3 is 5.97 Å². The van der Waals surface area contributed by atoms with Crippen molar-refractivity contribution in [2.45, 2.75) is 39.4 Å². The molecule has 0 aromatic heterocycles. The van der Waals surface area contributed by atoms with Crippen LogP contribution < -0.4 is 0 Å². The number of ether oxygens (including phenoxy) is 1. The Morgan fingerprint density at radius 3 is 2.42 bits per heavy atom. The third-order valence-corrected chi connectivity index (χ3v) is 1.17. The molecule has 0 radical (unpaired) electrons. The minimum atomic E-state index is -1.06. The Kier molecular flexibility index (Phi) is 4.59. The van der Waals surface area contributed by atoms with Crippen LogP contribution in [0.1, 0.15) is 27.2 Å². The number of rotatable bonds is 4. The summed E-state index contributed by atoms with van der Waals surface area (Å²) < 4.78 is 4.78. The van der Waals surface area contributed by atoms with Crippen molar-refractivity contribution in [2.75, 3.05) is 0 Å². The van der Waals surface area contributed by atoms with E-state index in [0.717, 1.165) is 5.57 Å². The third kappa shape index (κ3) is 4.91. The Bertz CT molecular complexity index is 173. The number of carbonyl (C=O) groups excluding carboxylic acids is 1. The molecule has 0 aliphatic heterocycles. The number of hydrogen-bond donors (Lipinski definition) is 1. The molecule has 0 heterocycles. The van der Waals surface area contributed by atoms with Crippen LogP contribution in [0.4, 0.5) is 0 Å². The number of hydrogen-bond acceptors (Lipinski definition) is 3. The molecule has 0 aliphatic carbocycles. The summed E-state index contributed by atoms with van der Waals surface area (Å²) >= 11 is 0. The lowest BCUT2D eigenvalue weighted by Gasteiger charge is -2.12. The molecule has 0 amide bonds. The van der Waals surface area contributed by atoms with Crippen molar-refractivity contribution in [1.29, 1.82) is 0 Å². The van der Waals surface area contributed by atoms with Crippen LogP contribution in [-0.2, 0) is 9.53 Å². The summed E-state index contributed by atoms with van der Waals surface area (Å²) in [6.07, 6.45) is -0.979. The molecule has 0 saturated heterocycles. The summed E-state index contributed by atoms with van der Waals surface area (Å²) in [5.41, 5.74) is 0.767. The van der Waals surface area contributed by atoms with Gasteiger partial charge in [0.25, 0.3) is 0 Å². The third-order valence-electron chi connectivity index (χ3n) is 1.17. The first-order valence-corrected chi connectivity index (χ1v) is 3.96. The maximum Gasteiger partial charge on any atom is 0.335 e. The second kappa shape index (κ2) is 4.93. The second-order valence-corrected chi connectivity index (χ2v) is 3.16. The molecule has 0 aromatic carbocycles. The Balaban J connectivity index is 3.85. The van der Waals surface area contributed by atoms with Crippen molar-refractivity contribution in [2.24, 2.45) is 0 Å². The number of aliphatic hydroxyl groups excluding tert-OH is 1. The highest BCUT2D eigenvalue weighted by molar-refractivity contribution is 5.74. The van der Waals surface area contributed by atoms with E-state index in [9.17, 15) is 9.90 Å². The fourth-order valence-electron chi connectivity index (χ4n) is 0.724. The lowest BCUT2D eigenvalue weighted by molar-refractivity contribution is -0.157. The first-order chi connectivity index (χ1) is 5.43. The van der Waals surface area contributed by atoms with Crippen LogP contribution >= 0.6 is 0 Å². The van der Waals surface area contributed by atoms with E-state index >= 15 is 0 Å². The van der Waals surface area contributed by atoms with Gasteiger partial charge in [0.05, 0.1) is 6.10 Å². The summed E-state index contributed by atoms with van der Waals surface area (Å²) in [4.78, 5) is 11.0. The van der Waals surface area contributed by atoms with Gasteiger partial charge < -0.3 is 9.84 Å². The van der Waals surface area contributed by atoms with Crippen LogP contribution in [0, 0.1) is 0 Å². The highest BCUT2D eigenvalue weighted by atomic mass is 16.6. The highest BCUT2D eigenvalue weighted by Crippen LogP contribution is 2.04. The highest BCUT2D eigenvalue weighted by Gasteiger charge is 2.17. The van der Waals surface area contributed by atoms with Gasteiger partial charge in [0.15, 0.2) is 6.10 Å². The van der Waals surface area contributed by atoms with Gasteiger partial charge in [0.1, 0.15) is 0 Å². The quantitative estimate of drug-likeness (QED) is 0.513. The summed E-state index contributed by atoms with van der Waals surface area (Å²) in [5.74, 6) is -0.576. The maximum atomic E-state index is 11.0. The molecule has 0 spiro atoms. The molecule has 3 nitrogen and oxygen atoms in total. The average Bonchev–Trinajstić information content (AvgIpc) is 1.84. The van der Waals surface area contributed by atoms with Crippen molar-refractivity contribution < 1.29 is 14.6 Å². The van der Waals surface area contributed by atoms with Crippen molar-refractivity contribution in [1.82, 2.24) is 0 Å². The van der Waals surface area contributed by atoms with Crippen molar-refractivity contribution >= 4 is 5.97 Å². The van der Waals surface area contributed by atoms with Gasteiger partial charge in [-0.1, -0.05) is 5.57 Å². The zero-order valence-corrected chi connectivity index (χ0v) is 7.83. The van der Waals surface area contributed by atoms with Gasteiger partial charge in [0.2, 0.25) is 0 Å². The van der Waals surface area contributed by atoms with E-state index < -0.39 is 12.1 Å². The topological polar surface area (TPSA) is 46.5 Å². The van der Waals surface area contributed by atoms with Gasteiger partial charge in [-0.05, 0) is 20.8 Å². The number of carbonyl (C=O) groups is 1. The number of aliphatic hydroxyl groups is 1. The Morgan fingerprint density at radius 1 is 1.58 bits per heavy atom. The van der Waals surface area contributed by atoms with Crippen LogP contribution in [0.5, 0.6) is 0 Å². The molecule has 1 atom stereocenters. The molecule has 0 aliphatic rings. The Labute approximate surface area is 73.0 Å². The summed E-state index contributed by atoms with van der Waals surface area (Å²) in [7, 11) is 0. The lowest BCUT2D eigenvalue weighted by Crippen LogP contribution is -2.25. The van der Waals surface area contributed by atoms with Gasteiger partial charge in [-0.15, -0.1) is 6.58 Å². The van der Waals surface area contributed by atoms with Crippen molar-refractivity contribution in [3.05, 3.63) is 12.2 Å². The van der Waals surface area contributed by atoms with E-state index in [4.69, 9.17) is 4.74 Å². The predicted octanol–water partition coefficient (Wildman–Crippen LogP) is 1.27. The van der Waals surface area contributed by atoms with Crippen LogP contribution in [0.25, 0.3) is 0 Å². The summed E-state index contributed by atoms with van der Waals surface area (Å²) in [6, 6.07) is 0. The van der Waals surface area contributed by atoms with Crippen LogP contribution in [0.2, 0.25) is 0 Å². The molecule has 0 rings (SSSR count).